The van der Waals surface area contributed by atoms with E-state index >= 15 is 0 Å². The van der Waals surface area contributed by atoms with Gasteiger partial charge in [-0.2, -0.15) is 0 Å². The fraction of sp³-hybridized carbons (Fsp3) is 0.533. The average Bonchev–Trinajstić information content (AvgIpc) is 2.34. The predicted molar refractivity (Wildman–Crippen MR) is 74.1 cm³/mol. The minimum Gasteiger partial charge on any atom is -0.313 e. The van der Waals surface area contributed by atoms with E-state index in [2.05, 4.69) is 29.9 Å². The fourth-order valence-electron chi connectivity index (χ4n) is 2.06. The molecule has 17 heavy (non-hydrogen) atoms. The van der Waals surface area contributed by atoms with Crippen LogP contribution >= 0.6 is 0 Å². The smallest absolute Gasteiger partial charge is 0.0332 e. The van der Waals surface area contributed by atoms with E-state index in [1.807, 2.05) is 25.5 Å². The molecule has 0 aromatic carbocycles. The van der Waals surface area contributed by atoms with Crippen LogP contribution in [0.15, 0.2) is 31.1 Å². The van der Waals surface area contributed by atoms with E-state index < -0.39 is 0 Å². The zero-order valence-corrected chi connectivity index (χ0v) is 11.1. The van der Waals surface area contributed by atoms with Crippen molar-refractivity contribution in [1.82, 2.24) is 10.3 Å². The lowest BCUT2D eigenvalue weighted by Gasteiger charge is -2.16. The third-order valence-electron chi connectivity index (χ3n) is 3.05. The Kier molecular flexibility index (Phi) is 6.56. The van der Waals surface area contributed by atoms with Crippen molar-refractivity contribution >= 4 is 0 Å². The molecule has 0 amide bonds. The Morgan fingerprint density at radius 2 is 2.18 bits per heavy atom. The van der Waals surface area contributed by atoms with Gasteiger partial charge in [-0.25, -0.2) is 0 Å². The molecule has 0 radical (unpaired) electrons. The van der Waals surface area contributed by atoms with Crippen molar-refractivity contribution < 1.29 is 0 Å². The maximum Gasteiger partial charge on any atom is 0.0332 e. The number of nitrogens with one attached hydrogen (secondary N) is 1. The highest BCUT2D eigenvalue weighted by atomic mass is 14.9. The molecule has 2 heteroatoms. The summed E-state index contributed by atoms with van der Waals surface area (Å²) in [6.07, 6.45) is 12.0. The maximum atomic E-state index is 4.26. The second-order valence-electron chi connectivity index (χ2n) is 4.56. The van der Waals surface area contributed by atoms with E-state index in [0.717, 1.165) is 6.42 Å². The molecule has 1 unspecified atom stereocenters. The molecule has 0 aliphatic rings. The Morgan fingerprint density at radius 3 is 2.82 bits per heavy atom. The Hall–Kier alpha value is -1.15. The Labute approximate surface area is 105 Å². The number of aryl methyl sites for hydroxylation is 1. The van der Waals surface area contributed by atoms with Crippen LogP contribution in [-0.2, 0) is 0 Å². The van der Waals surface area contributed by atoms with Gasteiger partial charge in [-0.15, -0.1) is 6.58 Å². The van der Waals surface area contributed by atoms with Crippen LogP contribution in [0.3, 0.4) is 0 Å². The molecular weight excluding hydrogens is 208 g/mol. The van der Waals surface area contributed by atoms with Crippen LogP contribution in [0.25, 0.3) is 0 Å². The van der Waals surface area contributed by atoms with E-state index in [4.69, 9.17) is 0 Å². The van der Waals surface area contributed by atoms with Crippen molar-refractivity contribution in [2.24, 2.45) is 0 Å². The van der Waals surface area contributed by atoms with Gasteiger partial charge in [-0.05, 0) is 44.4 Å². The van der Waals surface area contributed by atoms with Crippen molar-refractivity contribution in [3.8, 4) is 0 Å². The molecule has 0 spiro atoms. The lowest BCUT2D eigenvalue weighted by atomic mass is 10.0. The number of rotatable bonds is 8. The number of allylic oxidation sites excluding steroid dienone is 1. The van der Waals surface area contributed by atoms with Gasteiger partial charge in [-0.1, -0.05) is 25.0 Å². The summed E-state index contributed by atoms with van der Waals surface area (Å²) in [5.74, 6) is 0. The van der Waals surface area contributed by atoms with Crippen LogP contribution in [0, 0.1) is 6.92 Å². The minimum atomic E-state index is 0.436. The number of hydrogen-bond donors (Lipinski definition) is 1. The minimum absolute atomic E-state index is 0.436. The monoisotopic (exact) mass is 232 g/mol. The molecule has 94 valence electrons. The lowest BCUT2D eigenvalue weighted by molar-refractivity contribution is 0.506. The van der Waals surface area contributed by atoms with Gasteiger partial charge in [0.25, 0.3) is 0 Å². The molecule has 0 fully saturated rings. The summed E-state index contributed by atoms with van der Waals surface area (Å²) >= 11 is 0. The molecule has 1 rings (SSSR count). The van der Waals surface area contributed by atoms with Crippen LogP contribution < -0.4 is 5.32 Å². The molecule has 1 aromatic rings. The average molecular weight is 232 g/mol. The summed E-state index contributed by atoms with van der Waals surface area (Å²) in [7, 11) is 2.02. The van der Waals surface area contributed by atoms with Crippen LogP contribution in [-0.4, -0.2) is 12.0 Å². The van der Waals surface area contributed by atoms with Crippen molar-refractivity contribution in [1.29, 1.82) is 0 Å². The largest absolute Gasteiger partial charge is 0.313 e. The topological polar surface area (TPSA) is 24.9 Å². The SMILES string of the molecule is C=CCCCCCC(NC)c1cncc(C)c1. The highest BCUT2D eigenvalue weighted by molar-refractivity contribution is 5.19. The van der Waals surface area contributed by atoms with Gasteiger partial charge in [0.15, 0.2) is 0 Å². The molecule has 0 aliphatic heterocycles. The van der Waals surface area contributed by atoms with Crippen molar-refractivity contribution in [3.63, 3.8) is 0 Å². The molecule has 0 bridgehead atoms. The molecule has 1 N–H and O–H groups in total. The summed E-state index contributed by atoms with van der Waals surface area (Å²) in [5, 5.41) is 3.38. The predicted octanol–water partition coefficient (Wildman–Crippen LogP) is 3.79. The Morgan fingerprint density at radius 1 is 1.35 bits per heavy atom. The van der Waals surface area contributed by atoms with Crippen LogP contribution in [0.2, 0.25) is 0 Å². The van der Waals surface area contributed by atoms with Gasteiger partial charge in [0, 0.05) is 18.4 Å². The normalized spacial score (nSPS) is 12.4. The van der Waals surface area contributed by atoms with Crippen LogP contribution in [0.1, 0.15) is 49.3 Å². The van der Waals surface area contributed by atoms with Crippen molar-refractivity contribution in [2.75, 3.05) is 7.05 Å². The van der Waals surface area contributed by atoms with E-state index in [9.17, 15) is 0 Å². The van der Waals surface area contributed by atoms with Gasteiger partial charge in [0.05, 0.1) is 0 Å². The number of aromatic nitrogens is 1. The highest BCUT2D eigenvalue weighted by Gasteiger charge is 2.08. The molecule has 1 heterocycles. The lowest BCUT2D eigenvalue weighted by Crippen LogP contribution is -2.16. The first-order valence-electron chi connectivity index (χ1n) is 6.47. The van der Waals surface area contributed by atoms with Crippen molar-refractivity contribution in [3.05, 3.63) is 42.2 Å². The first-order chi connectivity index (χ1) is 8.27. The second kappa shape index (κ2) is 8.02. The van der Waals surface area contributed by atoms with E-state index in [1.165, 1.54) is 36.8 Å². The summed E-state index contributed by atoms with van der Waals surface area (Å²) in [6, 6.07) is 2.66. The quantitative estimate of drug-likeness (QED) is 0.545. The number of pyridine rings is 1. The number of hydrogen-bond acceptors (Lipinski definition) is 2. The molecule has 2 nitrogen and oxygen atoms in total. The van der Waals surface area contributed by atoms with E-state index in [-0.39, 0.29) is 0 Å². The molecule has 0 saturated carbocycles. The fourth-order valence-corrected chi connectivity index (χ4v) is 2.06. The molecular formula is C15H24N2. The summed E-state index contributed by atoms with van der Waals surface area (Å²) in [6.45, 7) is 5.84. The first kappa shape index (κ1) is 13.9. The Bertz CT molecular complexity index is 333. The molecule has 1 aromatic heterocycles. The summed E-state index contributed by atoms with van der Waals surface area (Å²) < 4.78 is 0. The van der Waals surface area contributed by atoms with Crippen molar-refractivity contribution in [2.45, 2.75) is 45.1 Å². The first-order valence-corrected chi connectivity index (χ1v) is 6.47. The molecule has 0 aliphatic carbocycles. The third kappa shape index (κ3) is 5.14. The number of nitrogens with zero attached hydrogens (tertiary/aromatic N) is 1. The highest BCUT2D eigenvalue weighted by Crippen LogP contribution is 2.19. The standard InChI is InChI=1S/C15H24N2/c1-4-5-6-7-8-9-15(16-3)14-10-13(2)11-17-12-14/h4,10-12,15-16H,1,5-9H2,2-3H3. The van der Waals surface area contributed by atoms with Gasteiger partial charge in [0.2, 0.25) is 0 Å². The van der Waals surface area contributed by atoms with Crippen LogP contribution in [0.5, 0.6) is 0 Å². The summed E-state index contributed by atoms with van der Waals surface area (Å²) in [5.41, 5.74) is 2.53. The van der Waals surface area contributed by atoms with Crippen LogP contribution in [0.4, 0.5) is 0 Å². The van der Waals surface area contributed by atoms with Gasteiger partial charge in [0.1, 0.15) is 0 Å². The molecule has 1 atom stereocenters. The van der Waals surface area contributed by atoms with Gasteiger partial charge >= 0.3 is 0 Å². The zero-order valence-electron chi connectivity index (χ0n) is 11.1. The zero-order chi connectivity index (χ0) is 12.5. The second-order valence-corrected chi connectivity index (χ2v) is 4.56. The van der Waals surface area contributed by atoms with E-state index in [1.54, 1.807) is 0 Å². The maximum absolute atomic E-state index is 4.26. The van der Waals surface area contributed by atoms with E-state index in [0.29, 0.717) is 6.04 Å². The summed E-state index contributed by atoms with van der Waals surface area (Å²) in [4.78, 5) is 4.26. The molecule has 0 saturated heterocycles. The Balaban J connectivity index is 2.40. The van der Waals surface area contributed by atoms with Gasteiger partial charge < -0.3 is 5.32 Å². The van der Waals surface area contributed by atoms with Gasteiger partial charge in [-0.3, -0.25) is 4.98 Å². The third-order valence-corrected chi connectivity index (χ3v) is 3.05. The number of unbranched alkanes of at least 4 members (excludes halogenated alkanes) is 3.